The third kappa shape index (κ3) is 2.77. The summed E-state index contributed by atoms with van der Waals surface area (Å²) >= 11 is 0. The van der Waals surface area contributed by atoms with Crippen molar-refractivity contribution in [2.45, 2.75) is 13.3 Å². The monoisotopic (exact) mass is 185 g/mol. The molecule has 0 bridgehead atoms. The van der Waals surface area contributed by atoms with Crippen LogP contribution < -0.4 is 5.32 Å². The van der Waals surface area contributed by atoms with Gasteiger partial charge >= 0.3 is 0 Å². The summed E-state index contributed by atoms with van der Waals surface area (Å²) in [5, 5.41) is 3.05. The predicted octanol–water partition coefficient (Wildman–Crippen LogP) is 2.12. The number of hydrogen-bond donors (Lipinski definition) is 1. The average Bonchev–Trinajstić information content (AvgIpc) is 2.13. The molecule has 0 fully saturated rings. The maximum Gasteiger partial charge on any atom is 0.162 e. The van der Waals surface area contributed by atoms with Crippen molar-refractivity contribution < 1.29 is 8.78 Å². The lowest BCUT2D eigenvalue weighted by Crippen LogP contribution is -2.16. The third-order valence-electron chi connectivity index (χ3n) is 1.85. The molecule has 1 aromatic rings. The smallest absolute Gasteiger partial charge is 0.162 e. The molecule has 0 aliphatic rings. The first-order chi connectivity index (χ1) is 6.25. The maximum absolute atomic E-state index is 13.0. The van der Waals surface area contributed by atoms with E-state index in [2.05, 4.69) is 5.32 Å². The molecule has 0 atom stereocenters. The zero-order valence-corrected chi connectivity index (χ0v) is 7.61. The topological polar surface area (TPSA) is 12.0 Å². The largest absolute Gasteiger partial charge is 0.317 e. The van der Waals surface area contributed by atoms with Gasteiger partial charge < -0.3 is 5.32 Å². The van der Waals surface area contributed by atoms with Gasteiger partial charge in [0.15, 0.2) is 11.6 Å². The highest BCUT2D eigenvalue weighted by Crippen LogP contribution is 2.11. The van der Waals surface area contributed by atoms with Crippen LogP contribution in [-0.4, -0.2) is 13.1 Å². The summed E-state index contributed by atoms with van der Waals surface area (Å²) in [5.41, 5.74) is 0.431. The second-order valence-corrected chi connectivity index (χ2v) is 2.82. The average molecular weight is 185 g/mol. The lowest BCUT2D eigenvalue weighted by Gasteiger charge is -2.03. The van der Waals surface area contributed by atoms with Gasteiger partial charge in [-0.2, -0.15) is 0 Å². The van der Waals surface area contributed by atoms with E-state index in [0.29, 0.717) is 18.5 Å². The van der Waals surface area contributed by atoms with Crippen LogP contribution in [0.1, 0.15) is 12.5 Å². The van der Waals surface area contributed by atoms with Gasteiger partial charge in [-0.05, 0) is 31.1 Å². The fraction of sp³-hybridized carbons (Fsp3) is 0.400. The predicted molar refractivity (Wildman–Crippen MR) is 48.6 cm³/mol. The number of hydrogen-bond acceptors (Lipinski definition) is 1. The standard InChI is InChI=1S/C10H13F2N/c1-2-13-7-6-8-4-3-5-9(11)10(8)12/h3-5,13H,2,6-7H2,1H3. The first-order valence-electron chi connectivity index (χ1n) is 4.39. The summed E-state index contributed by atoms with van der Waals surface area (Å²) < 4.78 is 25.7. The van der Waals surface area contributed by atoms with Gasteiger partial charge in [-0.15, -0.1) is 0 Å². The maximum atomic E-state index is 13.0. The molecule has 13 heavy (non-hydrogen) atoms. The van der Waals surface area contributed by atoms with Crippen LogP contribution >= 0.6 is 0 Å². The molecule has 0 amide bonds. The lowest BCUT2D eigenvalue weighted by molar-refractivity contribution is 0.497. The second kappa shape index (κ2) is 4.92. The van der Waals surface area contributed by atoms with Crippen molar-refractivity contribution in [1.82, 2.24) is 5.32 Å². The van der Waals surface area contributed by atoms with E-state index in [9.17, 15) is 8.78 Å². The number of halogens is 2. The van der Waals surface area contributed by atoms with Crippen molar-refractivity contribution in [2.75, 3.05) is 13.1 Å². The highest BCUT2D eigenvalue weighted by molar-refractivity contribution is 5.19. The van der Waals surface area contributed by atoms with Gasteiger partial charge in [0.2, 0.25) is 0 Å². The van der Waals surface area contributed by atoms with Gasteiger partial charge in [0, 0.05) is 0 Å². The Morgan fingerprint density at radius 1 is 1.31 bits per heavy atom. The molecule has 0 aromatic heterocycles. The molecular weight excluding hydrogens is 172 g/mol. The first-order valence-corrected chi connectivity index (χ1v) is 4.39. The van der Waals surface area contributed by atoms with Crippen LogP contribution in [0.15, 0.2) is 18.2 Å². The molecule has 0 aliphatic heterocycles. The Kier molecular flexibility index (Phi) is 3.83. The minimum absolute atomic E-state index is 0.431. The van der Waals surface area contributed by atoms with Crippen LogP contribution in [0, 0.1) is 11.6 Å². The Balaban J connectivity index is 2.61. The Morgan fingerprint density at radius 3 is 2.77 bits per heavy atom. The number of nitrogens with one attached hydrogen (secondary N) is 1. The number of likely N-dealkylation sites (N-methyl/N-ethyl adjacent to an activating group) is 1. The third-order valence-corrected chi connectivity index (χ3v) is 1.85. The van der Waals surface area contributed by atoms with E-state index in [-0.39, 0.29) is 0 Å². The summed E-state index contributed by atoms with van der Waals surface area (Å²) in [6, 6.07) is 4.27. The summed E-state index contributed by atoms with van der Waals surface area (Å²) in [5.74, 6) is -1.49. The molecule has 0 unspecified atom stereocenters. The van der Waals surface area contributed by atoms with Crippen molar-refractivity contribution in [2.24, 2.45) is 0 Å². The van der Waals surface area contributed by atoms with E-state index < -0.39 is 11.6 Å². The van der Waals surface area contributed by atoms with E-state index in [1.54, 1.807) is 6.07 Å². The molecule has 0 saturated heterocycles. The van der Waals surface area contributed by atoms with Crippen molar-refractivity contribution in [3.8, 4) is 0 Å². The number of benzene rings is 1. The first kappa shape index (κ1) is 10.1. The lowest BCUT2D eigenvalue weighted by atomic mass is 10.1. The van der Waals surface area contributed by atoms with E-state index in [1.165, 1.54) is 6.07 Å². The summed E-state index contributed by atoms with van der Waals surface area (Å²) in [6.07, 6.45) is 0.525. The minimum atomic E-state index is -0.769. The van der Waals surface area contributed by atoms with Crippen LogP contribution in [-0.2, 0) is 6.42 Å². The molecule has 0 radical (unpaired) electrons. The fourth-order valence-electron chi connectivity index (χ4n) is 1.14. The molecule has 72 valence electrons. The van der Waals surface area contributed by atoms with Crippen molar-refractivity contribution in [3.63, 3.8) is 0 Å². The van der Waals surface area contributed by atoms with E-state index in [0.717, 1.165) is 12.6 Å². The second-order valence-electron chi connectivity index (χ2n) is 2.82. The molecule has 1 nitrogen and oxygen atoms in total. The van der Waals surface area contributed by atoms with Gasteiger partial charge in [0.1, 0.15) is 0 Å². The molecular formula is C10H13F2N. The van der Waals surface area contributed by atoms with Crippen molar-refractivity contribution in [3.05, 3.63) is 35.4 Å². The Bertz CT molecular complexity index is 274. The van der Waals surface area contributed by atoms with Gasteiger partial charge in [0.05, 0.1) is 0 Å². The van der Waals surface area contributed by atoms with E-state index in [4.69, 9.17) is 0 Å². The zero-order valence-electron chi connectivity index (χ0n) is 7.61. The SMILES string of the molecule is CCNCCc1cccc(F)c1F. The van der Waals surface area contributed by atoms with Crippen molar-refractivity contribution >= 4 is 0 Å². The van der Waals surface area contributed by atoms with Gasteiger partial charge in [-0.3, -0.25) is 0 Å². The van der Waals surface area contributed by atoms with Crippen LogP contribution in [0.2, 0.25) is 0 Å². The Morgan fingerprint density at radius 2 is 2.08 bits per heavy atom. The minimum Gasteiger partial charge on any atom is -0.317 e. The number of rotatable bonds is 4. The van der Waals surface area contributed by atoms with E-state index >= 15 is 0 Å². The quantitative estimate of drug-likeness (QED) is 0.708. The van der Waals surface area contributed by atoms with Crippen molar-refractivity contribution in [1.29, 1.82) is 0 Å². The van der Waals surface area contributed by atoms with Gasteiger partial charge in [0.25, 0.3) is 0 Å². The zero-order chi connectivity index (χ0) is 9.68. The van der Waals surface area contributed by atoms with Crippen LogP contribution in [0.5, 0.6) is 0 Å². The fourth-order valence-corrected chi connectivity index (χ4v) is 1.14. The Labute approximate surface area is 76.8 Å². The summed E-state index contributed by atoms with van der Waals surface area (Å²) in [6.45, 7) is 3.50. The Hall–Kier alpha value is -0.960. The summed E-state index contributed by atoms with van der Waals surface area (Å²) in [4.78, 5) is 0. The van der Waals surface area contributed by atoms with Crippen LogP contribution in [0.4, 0.5) is 8.78 Å². The highest BCUT2D eigenvalue weighted by atomic mass is 19.2. The van der Waals surface area contributed by atoms with Crippen LogP contribution in [0.25, 0.3) is 0 Å². The molecule has 0 saturated carbocycles. The highest BCUT2D eigenvalue weighted by Gasteiger charge is 2.05. The molecule has 3 heteroatoms. The van der Waals surface area contributed by atoms with E-state index in [1.807, 2.05) is 6.92 Å². The van der Waals surface area contributed by atoms with Gasteiger partial charge in [-0.25, -0.2) is 8.78 Å². The molecule has 1 rings (SSSR count). The van der Waals surface area contributed by atoms with Crippen LogP contribution in [0.3, 0.4) is 0 Å². The molecule has 0 aliphatic carbocycles. The summed E-state index contributed by atoms with van der Waals surface area (Å²) in [7, 11) is 0. The molecule has 1 N–H and O–H groups in total. The molecule has 0 heterocycles. The molecule has 0 spiro atoms. The van der Waals surface area contributed by atoms with Gasteiger partial charge in [-0.1, -0.05) is 19.1 Å². The normalized spacial score (nSPS) is 10.4. The molecule has 1 aromatic carbocycles.